The third kappa shape index (κ3) is 3.92. The summed E-state index contributed by atoms with van der Waals surface area (Å²) in [7, 11) is 3.68. The second-order valence-electron chi connectivity index (χ2n) is 4.71. The Balaban J connectivity index is 2.09. The first-order valence-electron chi connectivity index (χ1n) is 6.53. The van der Waals surface area contributed by atoms with Gasteiger partial charge in [-0.3, -0.25) is 4.90 Å². The van der Waals surface area contributed by atoms with E-state index >= 15 is 0 Å². The number of hydrogen-bond acceptors (Lipinski definition) is 4. The maximum Gasteiger partial charge on any atom is 0.119 e. The number of morpholine rings is 1. The summed E-state index contributed by atoms with van der Waals surface area (Å²) in [6.07, 6.45) is 0. The molecule has 1 heterocycles. The van der Waals surface area contributed by atoms with E-state index in [-0.39, 0.29) is 0 Å². The number of methoxy groups -OCH3 is 1. The second kappa shape index (κ2) is 7.24. The molecular weight excluding hydrogens is 308 g/mol. The molecule has 4 nitrogen and oxygen atoms in total. The predicted molar refractivity (Wildman–Crippen MR) is 79.6 cm³/mol. The molecule has 0 saturated carbocycles. The van der Waals surface area contributed by atoms with E-state index in [1.807, 2.05) is 19.2 Å². The molecule has 0 spiro atoms. The molecule has 0 radical (unpaired) electrons. The minimum Gasteiger partial charge on any atom is -0.497 e. The molecule has 1 unspecified atom stereocenters. The SMILES string of the molecule is CNCC1COCCN1Cc1cc(OC)ccc1Br. The number of nitrogens with zero attached hydrogens (tertiary/aromatic N) is 1. The van der Waals surface area contributed by atoms with Gasteiger partial charge in [0.05, 0.1) is 20.3 Å². The Bertz CT molecular complexity index is 412. The van der Waals surface area contributed by atoms with Gasteiger partial charge in [-0.25, -0.2) is 0 Å². The van der Waals surface area contributed by atoms with Gasteiger partial charge in [-0.05, 0) is 30.8 Å². The monoisotopic (exact) mass is 328 g/mol. The van der Waals surface area contributed by atoms with Crippen molar-refractivity contribution in [2.75, 3.05) is 40.5 Å². The lowest BCUT2D eigenvalue weighted by atomic mass is 10.1. The van der Waals surface area contributed by atoms with Crippen LogP contribution in [0, 0.1) is 0 Å². The van der Waals surface area contributed by atoms with Crippen LogP contribution in [0.5, 0.6) is 5.75 Å². The van der Waals surface area contributed by atoms with Crippen molar-refractivity contribution in [3.63, 3.8) is 0 Å². The van der Waals surface area contributed by atoms with E-state index in [4.69, 9.17) is 9.47 Å². The van der Waals surface area contributed by atoms with E-state index in [1.165, 1.54) is 5.56 Å². The molecule has 0 aromatic heterocycles. The van der Waals surface area contributed by atoms with Crippen LogP contribution >= 0.6 is 15.9 Å². The number of benzene rings is 1. The lowest BCUT2D eigenvalue weighted by molar-refractivity contribution is -0.0104. The second-order valence-corrected chi connectivity index (χ2v) is 5.57. The van der Waals surface area contributed by atoms with Gasteiger partial charge in [0.15, 0.2) is 0 Å². The van der Waals surface area contributed by atoms with Crippen molar-refractivity contribution in [3.05, 3.63) is 28.2 Å². The van der Waals surface area contributed by atoms with Crippen molar-refractivity contribution in [1.82, 2.24) is 10.2 Å². The molecule has 1 aliphatic rings. The molecule has 1 aromatic rings. The summed E-state index contributed by atoms with van der Waals surface area (Å²) < 4.78 is 12.0. The molecule has 1 N–H and O–H groups in total. The first-order valence-corrected chi connectivity index (χ1v) is 7.32. The van der Waals surface area contributed by atoms with Crippen LogP contribution in [0.3, 0.4) is 0 Å². The Morgan fingerprint density at radius 3 is 3.11 bits per heavy atom. The van der Waals surface area contributed by atoms with Gasteiger partial charge in [-0.15, -0.1) is 0 Å². The first-order chi connectivity index (χ1) is 9.24. The standard InChI is InChI=1S/C14H21BrN2O2/c1-16-8-12-10-19-6-5-17(12)9-11-7-13(18-2)3-4-14(11)15/h3-4,7,12,16H,5-6,8-10H2,1-2H3. The fourth-order valence-electron chi connectivity index (χ4n) is 2.34. The lowest BCUT2D eigenvalue weighted by Gasteiger charge is -2.35. The van der Waals surface area contributed by atoms with E-state index in [1.54, 1.807) is 7.11 Å². The minimum atomic E-state index is 0.428. The Labute approximate surface area is 123 Å². The van der Waals surface area contributed by atoms with Crippen molar-refractivity contribution < 1.29 is 9.47 Å². The van der Waals surface area contributed by atoms with Gasteiger partial charge in [-0.1, -0.05) is 15.9 Å². The van der Waals surface area contributed by atoms with E-state index in [2.05, 4.69) is 32.2 Å². The van der Waals surface area contributed by atoms with Crippen molar-refractivity contribution in [2.45, 2.75) is 12.6 Å². The van der Waals surface area contributed by atoms with Crippen molar-refractivity contribution in [3.8, 4) is 5.75 Å². The molecule has 1 aromatic carbocycles. The molecule has 106 valence electrons. The molecule has 0 bridgehead atoms. The Kier molecular flexibility index (Phi) is 5.63. The maximum atomic E-state index is 5.56. The van der Waals surface area contributed by atoms with E-state index in [9.17, 15) is 0 Å². The van der Waals surface area contributed by atoms with Gasteiger partial charge in [0, 0.05) is 30.1 Å². The van der Waals surface area contributed by atoms with Crippen molar-refractivity contribution >= 4 is 15.9 Å². The maximum absolute atomic E-state index is 5.56. The fraction of sp³-hybridized carbons (Fsp3) is 0.571. The zero-order valence-electron chi connectivity index (χ0n) is 11.5. The molecule has 1 fully saturated rings. The van der Waals surface area contributed by atoms with Crippen LogP contribution in [0.25, 0.3) is 0 Å². The largest absolute Gasteiger partial charge is 0.497 e. The molecule has 5 heteroatoms. The zero-order valence-corrected chi connectivity index (χ0v) is 13.1. The summed E-state index contributed by atoms with van der Waals surface area (Å²) in [5.41, 5.74) is 1.25. The molecular formula is C14H21BrN2O2. The van der Waals surface area contributed by atoms with Gasteiger partial charge in [0.25, 0.3) is 0 Å². The molecule has 1 aliphatic heterocycles. The van der Waals surface area contributed by atoms with Crippen LogP contribution in [0.4, 0.5) is 0 Å². The van der Waals surface area contributed by atoms with Crippen LogP contribution in [0.2, 0.25) is 0 Å². The quantitative estimate of drug-likeness (QED) is 0.894. The summed E-state index contributed by atoms with van der Waals surface area (Å²) in [5.74, 6) is 0.900. The van der Waals surface area contributed by atoms with E-state index < -0.39 is 0 Å². The topological polar surface area (TPSA) is 33.7 Å². The smallest absolute Gasteiger partial charge is 0.119 e. The van der Waals surface area contributed by atoms with Gasteiger partial charge in [0.1, 0.15) is 5.75 Å². The lowest BCUT2D eigenvalue weighted by Crippen LogP contribution is -2.49. The highest BCUT2D eigenvalue weighted by Gasteiger charge is 2.23. The Hall–Kier alpha value is -0.620. The van der Waals surface area contributed by atoms with Crippen LogP contribution in [0.15, 0.2) is 22.7 Å². The molecule has 19 heavy (non-hydrogen) atoms. The predicted octanol–water partition coefficient (Wildman–Crippen LogP) is 1.88. The van der Waals surface area contributed by atoms with E-state index in [0.717, 1.165) is 43.1 Å². The average molecular weight is 329 g/mol. The summed E-state index contributed by atoms with van der Waals surface area (Å²) in [4.78, 5) is 2.46. The highest BCUT2D eigenvalue weighted by molar-refractivity contribution is 9.10. The van der Waals surface area contributed by atoms with Gasteiger partial charge in [-0.2, -0.15) is 0 Å². The average Bonchev–Trinajstić information content (AvgIpc) is 2.43. The van der Waals surface area contributed by atoms with Crippen LogP contribution in [-0.2, 0) is 11.3 Å². The summed E-state index contributed by atoms with van der Waals surface area (Å²) >= 11 is 3.62. The third-order valence-corrected chi connectivity index (χ3v) is 4.19. The van der Waals surface area contributed by atoms with E-state index in [0.29, 0.717) is 6.04 Å². The van der Waals surface area contributed by atoms with Crippen molar-refractivity contribution in [2.24, 2.45) is 0 Å². The summed E-state index contributed by atoms with van der Waals surface area (Å²) in [6, 6.07) is 6.53. The fourth-order valence-corrected chi connectivity index (χ4v) is 2.71. The number of likely N-dealkylation sites (N-methyl/N-ethyl adjacent to an activating group) is 1. The summed E-state index contributed by atoms with van der Waals surface area (Å²) in [5, 5.41) is 3.23. The molecule has 1 saturated heterocycles. The number of halogens is 1. The van der Waals surface area contributed by atoms with Crippen LogP contribution in [0.1, 0.15) is 5.56 Å². The number of hydrogen-bond donors (Lipinski definition) is 1. The van der Waals surface area contributed by atoms with Gasteiger partial charge >= 0.3 is 0 Å². The highest BCUT2D eigenvalue weighted by atomic mass is 79.9. The minimum absolute atomic E-state index is 0.428. The number of ether oxygens (including phenoxy) is 2. The van der Waals surface area contributed by atoms with Crippen molar-refractivity contribution in [1.29, 1.82) is 0 Å². The number of nitrogens with one attached hydrogen (secondary N) is 1. The summed E-state index contributed by atoms with van der Waals surface area (Å²) in [6.45, 7) is 4.43. The first kappa shape index (κ1) is 14.8. The molecule has 2 rings (SSSR count). The molecule has 1 atom stereocenters. The normalized spacial score (nSPS) is 20.5. The van der Waals surface area contributed by atoms with Crippen LogP contribution in [-0.4, -0.2) is 51.4 Å². The zero-order chi connectivity index (χ0) is 13.7. The third-order valence-electron chi connectivity index (χ3n) is 3.42. The molecule has 0 aliphatic carbocycles. The van der Waals surface area contributed by atoms with Gasteiger partial charge < -0.3 is 14.8 Å². The Morgan fingerprint density at radius 1 is 1.53 bits per heavy atom. The van der Waals surface area contributed by atoms with Gasteiger partial charge in [0.2, 0.25) is 0 Å². The molecule has 0 amide bonds. The number of rotatable bonds is 5. The highest BCUT2D eigenvalue weighted by Crippen LogP contribution is 2.25. The Morgan fingerprint density at radius 2 is 2.37 bits per heavy atom. The van der Waals surface area contributed by atoms with Crippen LogP contribution < -0.4 is 10.1 Å².